The minimum absolute atomic E-state index is 0.0135. The summed E-state index contributed by atoms with van der Waals surface area (Å²) in [4.78, 5) is 37.9. The number of amides is 1. The number of benzene rings is 1. The van der Waals surface area contributed by atoms with E-state index in [0.29, 0.717) is 21.1 Å². The van der Waals surface area contributed by atoms with Crippen LogP contribution in [0, 0.1) is 5.92 Å². The highest BCUT2D eigenvalue weighted by molar-refractivity contribution is 7.16. The monoisotopic (exact) mass is 417 g/mol. The first-order valence-corrected chi connectivity index (χ1v) is 10.0. The Labute approximate surface area is 168 Å². The van der Waals surface area contributed by atoms with Gasteiger partial charge < -0.3 is 10.1 Å². The molecule has 1 aliphatic carbocycles. The van der Waals surface area contributed by atoms with Crippen LogP contribution in [-0.2, 0) is 9.53 Å². The lowest BCUT2D eigenvalue weighted by atomic mass is 10.2. The highest BCUT2D eigenvalue weighted by atomic mass is 35.5. The number of fused-ring (bicyclic) bond motifs is 1. The third-order valence-corrected chi connectivity index (χ3v) is 5.49. The first-order chi connectivity index (χ1) is 13.5. The molecule has 1 saturated carbocycles. The van der Waals surface area contributed by atoms with Crippen molar-refractivity contribution >= 4 is 50.6 Å². The van der Waals surface area contributed by atoms with Gasteiger partial charge in [-0.25, -0.2) is 4.79 Å². The fourth-order valence-corrected chi connectivity index (χ4v) is 3.96. The lowest BCUT2D eigenvalue weighted by Crippen LogP contribution is -2.25. The van der Waals surface area contributed by atoms with Crippen molar-refractivity contribution in [2.45, 2.75) is 19.8 Å². The molecule has 3 aromatic rings. The van der Waals surface area contributed by atoms with Gasteiger partial charge in [0.1, 0.15) is 5.00 Å². The molecule has 0 spiro atoms. The Bertz CT molecular complexity index is 1150. The van der Waals surface area contributed by atoms with Gasteiger partial charge in [-0.15, -0.1) is 11.3 Å². The summed E-state index contributed by atoms with van der Waals surface area (Å²) < 4.78 is 6.21. The van der Waals surface area contributed by atoms with Crippen molar-refractivity contribution < 1.29 is 14.3 Å². The maximum absolute atomic E-state index is 13.2. The van der Waals surface area contributed by atoms with Crippen LogP contribution in [0.2, 0.25) is 5.02 Å². The molecule has 9 heteroatoms. The summed E-state index contributed by atoms with van der Waals surface area (Å²) in [7, 11) is 0. The van der Waals surface area contributed by atoms with E-state index in [9.17, 15) is 14.4 Å². The van der Waals surface area contributed by atoms with Crippen molar-refractivity contribution in [3.8, 4) is 5.69 Å². The molecule has 2 aromatic heterocycles. The van der Waals surface area contributed by atoms with Gasteiger partial charge in [-0.1, -0.05) is 17.7 Å². The molecule has 0 atom stereocenters. The molecule has 0 radical (unpaired) electrons. The molecular weight excluding hydrogens is 402 g/mol. The number of anilines is 1. The van der Waals surface area contributed by atoms with Crippen LogP contribution in [0.15, 0.2) is 34.4 Å². The maximum atomic E-state index is 13.2. The summed E-state index contributed by atoms with van der Waals surface area (Å²) >= 11 is 7.24. The predicted octanol–water partition coefficient (Wildman–Crippen LogP) is 3.63. The van der Waals surface area contributed by atoms with Crippen LogP contribution >= 0.6 is 22.9 Å². The summed E-state index contributed by atoms with van der Waals surface area (Å²) in [6.07, 6.45) is 1.69. The number of nitrogens with one attached hydrogen (secondary N) is 1. The number of hydrogen-bond donors (Lipinski definition) is 1. The van der Waals surface area contributed by atoms with E-state index in [1.807, 2.05) is 0 Å². The Balaban J connectivity index is 1.93. The zero-order valence-corrected chi connectivity index (χ0v) is 16.5. The van der Waals surface area contributed by atoms with E-state index in [1.165, 1.54) is 11.3 Å². The number of esters is 1. The number of hydrogen-bond acceptors (Lipinski definition) is 6. The molecule has 1 fully saturated rings. The maximum Gasteiger partial charge on any atom is 0.359 e. The fourth-order valence-electron chi connectivity index (χ4n) is 2.83. The van der Waals surface area contributed by atoms with Crippen LogP contribution in [0.5, 0.6) is 0 Å². The van der Waals surface area contributed by atoms with E-state index >= 15 is 0 Å². The van der Waals surface area contributed by atoms with Gasteiger partial charge in [0.25, 0.3) is 5.56 Å². The van der Waals surface area contributed by atoms with Gasteiger partial charge in [-0.3, -0.25) is 9.59 Å². The minimum Gasteiger partial charge on any atom is -0.461 e. The average molecular weight is 418 g/mol. The van der Waals surface area contributed by atoms with Gasteiger partial charge >= 0.3 is 5.97 Å². The van der Waals surface area contributed by atoms with Gasteiger partial charge in [-0.05, 0) is 38.0 Å². The number of ether oxygens (including phenoxy) is 1. The number of halogens is 1. The van der Waals surface area contributed by atoms with Crippen molar-refractivity contribution in [3.63, 3.8) is 0 Å². The van der Waals surface area contributed by atoms with E-state index in [2.05, 4.69) is 10.4 Å². The quantitative estimate of drug-likeness (QED) is 0.640. The second-order valence-electron chi connectivity index (χ2n) is 6.38. The number of carbonyl (C=O) groups excluding carboxylic acids is 2. The van der Waals surface area contributed by atoms with Crippen molar-refractivity contribution in [1.82, 2.24) is 9.78 Å². The van der Waals surface area contributed by atoms with Crippen molar-refractivity contribution in [3.05, 3.63) is 50.7 Å². The Morgan fingerprint density at radius 1 is 1.39 bits per heavy atom. The fraction of sp³-hybridized carbons (Fsp3) is 0.263. The molecule has 28 heavy (non-hydrogen) atoms. The summed E-state index contributed by atoms with van der Waals surface area (Å²) in [6.45, 7) is 1.87. The Hall–Kier alpha value is -2.71. The van der Waals surface area contributed by atoms with Crippen LogP contribution in [0.4, 0.5) is 5.00 Å². The van der Waals surface area contributed by atoms with E-state index in [-0.39, 0.29) is 29.5 Å². The number of rotatable bonds is 5. The second-order valence-corrected chi connectivity index (χ2v) is 7.70. The smallest absolute Gasteiger partial charge is 0.359 e. The molecule has 1 N–H and O–H groups in total. The first-order valence-electron chi connectivity index (χ1n) is 8.78. The van der Waals surface area contributed by atoms with E-state index < -0.39 is 11.5 Å². The van der Waals surface area contributed by atoms with E-state index in [1.54, 1.807) is 36.6 Å². The minimum atomic E-state index is -0.638. The van der Waals surface area contributed by atoms with Crippen LogP contribution in [-0.4, -0.2) is 28.3 Å². The summed E-state index contributed by atoms with van der Waals surface area (Å²) in [5, 5.41) is 10.1. The van der Waals surface area contributed by atoms with E-state index in [0.717, 1.165) is 17.5 Å². The number of aromatic nitrogens is 2. The van der Waals surface area contributed by atoms with Crippen LogP contribution in [0.25, 0.3) is 16.5 Å². The highest BCUT2D eigenvalue weighted by Gasteiger charge is 2.31. The topological polar surface area (TPSA) is 90.3 Å². The lowest BCUT2D eigenvalue weighted by Gasteiger charge is -2.10. The lowest BCUT2D eigenvalue weighted by molar-refractivity contribution is -0.117. The standard InChI is InChI=1S/C19H16ClN3O4S/c1-2-27-19(26)15-13-9-28-17(21-16(24)10-6-7-10)14(13)18(25)23(22-15)12-5-3-4-11(20)8-12/h3-5,8-10H,2,6-7H2,1H3,(H,21,24). The Kier molecular flexibility index (Phi) is 4.91. The average Bonchev–Trinajstić information content (AvgIpc) is 3.44. The molecule has 1 amide bonds. The SMILES string of the molecule is CCOC(=O)c1nn(-c2cccc(Cl)c2)c(=O)c2c(NC(=O)C3CC3)scc12. The molecule has 0 bridgehead atoms. The molecule has 0 saturated heterocycles. The molecule has 7 nitrogen and oxygen atoms in total. The van der Waals surface area contributed by atoms with Crippen LogP contribution < -0.4 is 10.9 Å². The van der Waals surface area contributed by atoms with Gasteiger partial charge in [0.05, 0.1) is 17.7 Å². The molecular formula is C19H16ClN3O4S. The highest BCUT2D eigenvalue weighted by Crippen LogP contribution is 2.34. The zero-order valence-electron chi connectivity index (χ0n) is 14.9. The Morgan fingerprint density at radius 2 is 2.18 bits per heavy atom. The number of thiophene rings is 1. The van der Waals surface area contributed by atoms with Crippen molar-refractivity contribution in [2.75, 3.05) is 11.9 Å². The molecule has 2 heterocycles. The largest absolute Gasteiger partial charge is 0.461 e. The third-order valence-electron chi connectivity index (χ3n) is 4.36. The van der Waals surface area contributed by atoms with Crippen molar-refractivity contribution in [1.29, 1.82) is 0 Å². The predicted molar refractivity (Wildman–Crippen MR) is 108 cm³/mol. The van der Waals surface area contributed by atoms with Crippen LogP contribution in [0.1, 0.15) is 30.3 Å². The van der Waals surface area contributed by atoms with Gasteiger partial charge in [0.2, 0.25) is 5.91 Å². The summed E-state index contributed by atoms with van der Waals surface area (Å²) in [6, 6.07) is 6.59. The van der Waals surface area contributed by atoms with E-state index in [4.69, 9.17) is 16.3 Å². The van der Waals surface area contributed by atoms with Gasteiger partial charge in [0.15, 0.2) is 5.69 Å². The summed E-state index contributed by atoms with van der Waals surface area (Å²) in [5.74, 6) is -0.772. The van der Waals surface area contributed by atoms with Gasteiger partial charge in [0, 0.05) is 21.7 Å². The Morgan fingerprint density at radius 3 is 2.86 bits per heavy atom. The molecule has 1 aromatic carbocycles. The zero-order chi connectivity index (χ0) is 19.8. The molecule has 1 aliphatic rings. The molecule has 0 unspecified atom stereocenters. The van der Waals surface area contributed by atoms with Crippen molar-refractivity contribution in [2.24, 2.45) is 5.92 Å². The van der Waals surface area contributed by atoms with Gasteiger partial charge in [-0.2, -0.15) is 9.78 Å². The second kappa shape index (κ2) is 7.37. The molecule has 144 valence electrons. The summed E-state index contributed by atoms with van der Waals surface area (Å²) in [5.41, 5.74) is -0.0205. The number of carbonyl (C=O) groups is 2. The molecule has 4 rings (SSSR count). The number of nitrogens with zero attached hydrogens (tertiary/aromatic N) is 2. The first kappa shape index (κ1) is 18.6. The molecule has 0 aliphatic heterocycles. The normalized spacial score (nSPS) is 13.5. The third kappa shape index (κ3) is 3.41. The van der Waals surface area contributed by atoms with Crippen LogP contribution in [0.3, 0.4) is 0 Å².